The fraction of sp³-hybridized carbons (Fsp3) is 0.300. The second-order valence-corrected chi connectivity index (χ2v) is 3.71. The number of carbonyl (C=O) groups is 1. The second-order valence-electron chi connectivity index (χ2n) is 3.07. The monoisotopic (exact) mass is 276 g/mol. The van der Waals surface area contributed by atoms with Crippen molar-refractivity contribution in [1.29, 1.82) is 0 Å². The molecule has 0 fully saturated rings. The zero-order valence-corrected chi connectivity index (χ0v) is 9.32. The van der Waals surface area contributed by atoms with Gasteiger partial charge in [0, 0.05) is 16.5 Å². The molecule has 0 amide bonds. The molecule has 1 rings (SSSR count). The molecule has 0 aromatic heterocycles. The smallest absolute Gasteiger partial charge is 0.150 e. The van der Waals surface area contributed by atoms with Gasteiger partial charge in [-0.05, 0) is 18.2 Å². The molecule has 0 saturated heterocycles. The molecular formula is C10H10BrFO3. The minimum absolute atomic E-state index is 0.0773. The first-order valence-corrected chi connectivity index (χ1v) is 5.39. The number of halogens is 2. The Morgan fingerprint density at radius 1 is 1.47 bits per heavy atom. The average Bonchev–Trinajstić information content (AvgIpc) is 2.27. The van der Waals surface area contributed by atoms with E-state index in [1.165, 1.54) is 12.1 Å². The van der Waals surface area contributed by atoms with E-state index in [-0.39, 0.29) is 16.5 Å². The summed E-state index contributed by atoms with van der Waals surface area (Å²) in [6, 6.07) is 3.61. The van der Waals surface area contributed by atoms with Gasteiger partial charge in [0.1, 0.15) is 18.2 Å². The molecule has 82 valence electrons. The lowest BCUT2D eigenvalue weighted by molar-refractivity contribution is 0.0319. The van der Waals surface area contributed by atoms with E-state index in [0.717, 1.165) is 6.07 Å². The van der Waals surface area contributed by atoms with Crippen molar-refractivity contribution in [1.82, 2.24) is 0 Å². The van der Waals surface area contributed by atoms with Gasteiger partial charge in [0.05, 0.1) is 6.10 Å². The number of alkyl halides is 1. The third-order valence-electron chi connectivity index (χ3n) is 2.00. The first-order chi connectivity index (χ1) is 7.10. The van der Waals surface area contributed by atoms with Crippen LogP contribution in [0, 0.1) is 5.82 Å². The van der Waals surface area contributed by atoms with E-state index in [1.54, 1.807) is 0 Å². The number of aldehydes is 1. The molecule has 0 spiro atoms. The van der Waals surface area contributed by atoms with Crippen molar-refractivity contribution < 1.29 is 19.4 Å². The Hall–Kier alpha value is -0.780. The highest BCUT2D eigenvalue weighted by atomic mass is 79.9. The number of rotatable bonds is 4. The first kappa shape index (κ1) is 12.3. The fourth-order valence-electron chi connectivity index (χ4n) is 1.15. The molecule has 1 aromatic carbocycles. The van der Waals surface area contributed by atoms with Crippen LogP contribution in [0.15, 0.2) is 18.2 Å². The summed E-state index contributed by atoms with van der Waals surface area (Å²) in [5.74, 6) is -0.645. The molecule has 3 nitrogen and oxygen atoms in total. The summed E-state index contributed by atoms with van der Waals surface area (Å²) >= 11 is 2.97. The minimum atomic E-state index is -1.34. The fourth-order valence-corrected chi connectivity index (χ4v) is 1.51. The van der Waals surface area contributed by atoms with Crippen LogP contribution in [0.2, 0.25) is 0 Å². The van der Waals surface area contributed by atoms with E-state index in [9.17, 15) is 19.4 Å². The quantitative estimate of drug-likeness (QED) is 0.646. The highest BCUT2D eigenvalue weighted by molar-refractivity contribution is 9.09. The normalized spacial score (nSPS) is 14.7. The van der Waals surface area contributed by atoms with Crippen LogP contribution in [-0.4, -0.2) is 27.9 Å². The van der Waals surface area contributed by atoms with Crippen LogP contribution in [0.4, 0.5) is 4.39 Å². The van der Waals surface area contributed by atoms with Crippen LogP contribution in [0.3, 0.4) is 0 Å². The van der Waals surface area contributed by atoms with E-state index in [0.29, 0.717) is 6.29 Å². The highest BCUT2D eigenvalue weighted by Crippen LogP contribution is 2.22. The average molecular weight is 277 g/mol. The molecule has 2 N–H and O–H groups in total. The van der Waals surface area contributed by atoms with Gasteiger partial charge in [-0.3, -0.25) is 4.79 Å². The van der Waals surface area contributed by atoms with E-state index >= 15 is 0 Å². The van der Waals surface area contributed by atoms with Crippen LogP contribution in [0.25, 0.3) is 0 Å². The molecule has 2 unspecified atom stereocenters. The third-order valence-corrected chi connectivity index (χ3v) is 2.66. The Balaban J connectivity index is 3.06. The van der Waals surface area contributed by atoms with Crippen molar-refractivity contribution in [2.24, 2.45) is 0 Å². The maximum absolute atomic E-state index is 13.3. The summed E-state index contributed by atoms with van der Waals surface area (Å²) in [7, 11) is 0. The predicted octanol–water partition coefficient (Wildman–Crippen LogP) is 1.43. The van der Waals surface area contributed by atoms with E-state index in [2.05, 4.69) is 15.9 Å². The van der Waals surface area contributed by atoms with Gasteiger partial charge in [0.2, 0.25) is 0 Å². The molecule has 2 atom stereocenters. The number of hydrogen-bond donors (Lipinski definition) is 2. The molecule has 0 radical (unpaired) electrons. The van der Waals surface area contributed by atoms with Gasteiger partial charge in [-0.25, -0.2) is 4.39 Å². The van der Waals surface area contributed by atoms with Crippen LogP contribution >= 0.6 is 15.9 Å². The van der Waals surface area contributed by atoms with Crippen LogP contribution in [0.5, 0.6) is 0 Å². The van der Waals surface area contributed by atoms with Gasteiger partial charge in [-0.2, -0.15) is 0 Å². The summed E-state index contributed by atoms with van der Waals surface area (Å²) in [6.45, 7) is 0. The Bertz CT molecular complexity index is 357. The lowest BCUT2D eigenvalue weighted by Gasteiger charge is -2.16. The molecule has 0 saturated carbocycles. The third kappa shape index (κ3) is 2.84. The van der Waals surface area contributed by atoms with E-state index < -0.39 is 18.0 Å². The predicted molar refractivity (Wildman–Crippen MR) is 56.5 cm³/mol. The van der Waals surface area contributed by atoms with Crippen molar-refractivity contribution in [3.05, 3.63) is 35.1 Å². The standard InChI is InChI=1S/C10H10BrFO3/c11-4-9(14)10(15)7-3-6(5-13)1-2-8(7)12/h1-3,5,9-10,14-15H,4H2. The van der Waals surface area contributed by atoms with Crippen molar-refractivity contribution in [3.63, 3.8) is 0 Å². The maximum Gasteiger partial charge on any atom is 0.150 e. The van der Waals surface area contributed by atoms with Crippen molar-refractivity contribution >= 4 is 22.2 Å². The lowest BCUT2D eigenvalue weighted by atomic mass is 10.0. The van der Waals surface area contributed by atoms with Gasteiger partial charge >= 0.3 is 0 Å². The first-order valence-electron chi connectivity index (χ1n) is 4.27. The molecule has 1 aromatic rings. The van der Waals surface area contributed by atoms with Gasteiger partial charge in [0.25, 0.3) is 0 Å². The second kappa shape index (κ2) is 5.34. The molecule has 0 heterocycles. The minimum Gasteiger partial charge on any atom is -0.389 e. The number of benzene rings is 1. The molecule has 0 bridgehead atoms. The summed E-state index contributed by atoms with van der Waals surface area (Å²) in [6.07, 6.45) is -1.90. The highest BCUT2D eigenvalue weighted by Gasteiger charge is 2.20. The summed E-state index contributed by atoms with van der Waals surface area (Å²) in [4.78, 5) is 10.5. The molecule has 5 heteroatoms. The number of hydrogen-bond acceptors (Lipinski definition) is 3. The van der Waals surface area contributed by atoms with Gasteiger partial charge < -0.3 is 10.2 Å². The summed E-state index contributed by atoms with van der Waals surface area (Å²) < 4.78 is 13.3. The maximum atomic E-state index is 13.3. The Kier molecular flexibility index (Phi) is 4.38. The molecular weight excluding hydrogens is 267 g/mol. The van der Waals surface area contributed by atoms with Crippen molar-refractivity contribution in [3.8, 4) is 0 Å². The van der Waals surface area contributed by atoms with Gasteiger partial charge in [-0.15, -0.1) is 0 Å². The van der Waals surface area contributed by atoms with E-state index in [1.807, 2.05) is 0 Å². The molecule has 15 heavy (non-hydrogen) atoms. The SMILES string of the molecule is O=Cc1ccc(F)c(C(O)C(O)CBr)c1. The molecule has 0 aliphatic carbocycles. The number of carbonyl (C=O) groups excluding carboxylic acids is 1. The number of aliphatic hydroxyl groups excluding tert-OH is 2. The summed E-state index contributed by atoms with van der Waals surface area (Å²) in [5, 5.41) is 19.0. The topological polar surface area (TPSA) is 57.5 Å². The van der Waals surface area contributed by atoms with Gasteiger partial charge in [0.15, 0.2) is 0 Å². The lowest BCUT2D eigenvalue weighted by Crippen LogP contribution is -2.20. The molecule has 0 aliphatic heterocycles. The largest absolute Gasteiger partial charge is 0.389 e. The summed E-state index contributed by atoms with van der Waals surface area (Å²) in [5.41, 5.74) is 0.179. The van der Waals surface area contributed by atoms with Crippen LogP contribution in [-0.2, 0) is 0 Å². The van der Waals surface area contributed by atoms with Crippen molar-refractivity contribution in [2.75, 3.05) is 5.33 Å². The Morgan fingerprint density at radius 3 is 2.67 bits per heavy atom. The zero-order chi connectivity index (χ0) is 11.4. The van der Waals surface area contributed by atoms with Crippen LogP contribution < -0.4 is 0 Å². The van der Waals surface area contributed by atoms with Gasteiger partial charge in [-0.1, -0.05) is 15.9 Å². The van der Waals surface area contributed by atoms with E-state index in [4.69, 9.17) is 0 Å². The Morgan fingerprint density at radius 2 is 2.13 bits per heavy atom. The Labute approximate surface area is 94.7 Å². The zero-order valence-electron chi connectivity index (χ0n) is 7.73. The van der Waals surface area contributed by atoms with Crippen LogP contribution in [0.1, 0.15) is 22.0 Å². The van der Waals surface area contributed by atoms with Crippen molar-refractivity contribution in [2.45, 2.75) is 12.2 Å². The molecule has 0 aliphatic rings. The number of aliphatic hydroxyl groups is 2.